The highest BCUT2D eigenvalue weighted by atomic mass is 16.1. The third kappa shape index (κ3) is 0.960. The predicted molar refractivity (Wildman–Crippen MR) is 57.2 cm³/mol. The molecule has 0 fully saturated rings. The summed E-state index contributed by atoms with van der Waals surface area (Å²) in [5.74, 6) is -0.199. The van der Waals surface area contributed by atoms with Crippen molar-refractivity contribution in [3.63, 3.8) is 0 Å². The molecular weight excluding hydrogens is 190 g/mol. The number of ketones is 1. The van der Waals surface area contributed by atoms with Crippen LogP contribution in [0.4, 0.5) is 0 Å². The van der Waals surface area contributed by atoms with E-state index in [1.807, 2.05) is 13.2 Å². The SMILES string of the molecule is CN1CCc2c[nH]c3c2C1=CC(=N)C3=O. The monoisotopic (exact) mass is 201 g/mol. The molecule has 0 unspecified atom stereocenters. The average molecular weight is 201 g/mol. The van der Waals surface area contributed by atoms with E-state index in [0.29, 0.717) is 5.69 Å². The number of carbonyl (C=O) groups excluding carboxylic acids is 1. The van der Waals surface area contributed by atoms with Gasteiger partial charge < -0.3 is 9.88 Å². The van der Waals surface area contributed by atoms with Crippen molar-refractivity contribution >= 4 is 17.2 Å². The fraction of sp³-hybridized carbons (Fsp3) is 0.273. The predicted octanol–water partition coefficient (Wildman–Crippen LogP) is 1.06. The fourth-order valence-corrected chi connectivity index (χ4v) is 2.25. The summed E-state index contributed by atoms with van der Waals surface area (Å²) in [7, 11) is 1.99. The van der Waals surface area contributed by atoms with Crippen LogP contribution < -0.4 is 0 Å². The zero-order chi connectivity index (χ0) is 10.6. The van der Waals surface area contributed by atoms with Crippen molar-refractivity contribution in [2.75, 3.05) is 13.6 Å². The molecule has 0 bridgehead atoms. The lowest BCUT2D eigenvalue weighted by molar-refractivity contribution is 0.106. The first kappa shape index (κ1) is 8.47. The molecule has 15 heavy (non-hydrogen) atoms. The van der Waals surface area contributed by atoms with Gasteiger partial charge in [0.05, 0.1) is 5.69 Å². The highest BCUT2D eigenvalue weighted by Gasteiger charge is 2.31. The molecule has 2 N–H and O–H groups in total. The third-order valence-corrected chi connectivity index (χ3v) is 3.10. The maximum Gasteiger partial charge on any atom is 0.227 e. The number of allylic oxidation sites excluding steroid dienone is 1. The van der Waals surface area contributed by atoms with E-state index in [0.717, 1.165) is 24.2 Å². The summed E-state index contributed by atoms with van der Waals surface area (Å²) in [6, 6.07) is 0. The van der Waals surface area contributed by atoms with Crippen LogP contribution in [0.1, 0.15) is 21.6 Å². The van der Waals surface area contributed by atoms with E-state index >= 15 is 0 Å². The van der Waals surface area contributed by atoms with Crippen molar-refractivity contribution < 1.29 is 4.79 Å². The minimum Gasteiger partial charge on any atom is -0.374 e. The fourth-order valence-electron chi connectivity index (χ4n) is 2.25. The Balaban J connectivity index is 2.31. The molecule has 3 rings (SSSR count). The first-order valence-electron chi connectivity index (χ1n) is 4.95. The highest BCUT2D eigenvalue weighted by Crippen LogP contribution is 2.33. The van der Waals surface area contributed by atoms with Crippen LogP contribution in [0, 0.1) is 5.41 Å². The number of hydrogen-bond acceptors (Lipinski definition) is 3. The Morgan fingerprint density at radius 3 is 3.13 bits per heavy atom. The van der Waals surface area contributed by atoms with E-state index in [1.54, 1.807) is 6.08 Å². The van der Waals surface area contributed by atoms with Gasteiger partial charge in [0.15, 0.2) is 0 Å². The Bertz CT molecular complexity index is 510. The van der Waals surface area contributed by atoms with E-state index in [-0.39, 0.29) is 11.5 Å². The minimum atomic E-state index is -0.199. The Labute approximate surface area is 87.1 Å². The van der Waals surface area contributed by atoms with Crippen LogP contribution in [0.3, 0.4) is 0 Å². The highest BCUT2D eigenvalue weighted by molar-refractivity contribution is 6.51. The lowest BCUT2D eigenvalue weighted by atomic mass is 9.91. The number of nitrogens with one attached hydrogen (secondary N) is 2. The van der Waals surface area contributed by atoms with E-state index in [1.165, 1.54) is 5.56 Å². The molecule has 1 aromatic heterocycles. The van der Waals surface area contributed by atoms with Crippen LogP contribution in [-0.2, 0) is 6.42 Å². The molecule has 2 aliphatic rings. The maximum atomic E-state index is 11.7. The molecule has 2 heterocycles. The summed E-state index contributed by atoms with van der Waals surface area (Å²) in [5.41, 5.74) is 3.84. The second-order valence-corrected chi connectivity index (χ2v) is 4.01. The number of carbonyl (C=O) groups is 1. The molecule has 76 valence electrons. The normalized spacial score (nSPS) is 19.0. The first-order chi connectivity index (χ1) is 7.18. The molecule has 0 spiro atoms. The standard InChI is InChI=1S/C11H11N3O/c1-14-3-2-6-5-13-10-9(6)8(14)4-7(12)11(10)15/h4-5,12-13H,2-3H2,1H3. The van der Waals surface area contributed by atoms with Crippen molar-refractivity contribution in [2.45, 2.75) is 6.42 Å². The Hall–Kier alpha value is -1.84. The van der Waals surface area contributed by atoms with Gasteiger partial charge in [-0.1, -0.05) is 0 Å². The van der Waals surface area contributed by atoms with Crippen molar-refractivity contribution in [3.05, 3.63) is 29.1 Å². The zero-order valence-electron chi connectivity index (χ0n) is 8.42. The van der Waals surface area contributed by atoms with Crippen LogP contribution in [0.15, 0.2) is 12.3 Å². The Morgan fingerprint density at radius 1 is 1.53 bits per heavy atom. The zero-order valence-corrected chi connectivity index (χ0v) is 8.42. The molecule has 0 amide bonds. The van der Waals surface area contributed by atoms with Gasteiger partial charge in [-0.25, -0.2) is 0 Å². The average Bonchev–Trinajstić information content (AvgIpc) is 2.64. The number of rotatable bonds is 0. The van der Waals surface area contributed by atoms with Crippen molar-refractivity contribution in [3.8, 4) is 0 Å². The summed E-state index contributed by atoms with van der Waals surface area (Å²) in [5, 5.41) is 7.61. The van der Waals surface area contributed by atoms with Crippen LogP contribution in [0.2, 0.25) is 0 Å². The van der Waals surface area contributed by atoms with E-state index < -0.39 is 0 Å². The Kier molecular flexibility index (Phi) is 1.46. The van der Waals surface area contributed by atoms with Gasteiger partial charge in [0.2, 0.25) is 5.78 Å². The summed E-state index contributed by atoms with van der Waals surface area (Å²) < 4.78 is 0. The smallest absolute Gasteiger partial charge is 0.227 e. The van der Waals surface area contributed by atoms with Crippen LogP contribution in [0.5, 0.6) is 0 Å². The lowest BCUT2D eigenvalue weighted by Crippen LogP contribution is -2.30. The molecule has 0 saturated carbocycles. The maximum absolute atomic E-state index is 11.7. The third-order valence-electron chi connectivity index (χ3n) is 3.10. The van der Waals surface area contributed by atoms with Gasteiger partial charge in [-0.2, -0.15) is 0 Å². The van der Waals surface area contributed by atoms with Gasteiger partial charge in [-0.3, -0.25) is 10.2 Å². The molecular formula is C11H11N3O. The quantitative estimate of drug-likeness (QED) is 0.659. The molecule has 4 nitrogen and oxygen atoms in total. The van der Waals surface area contributed by atoms with E-state index in [9.17, 15) is 4.79 Å². The van der Waals surface area contributed by atoms with Crippen LogP contribution in [0.25, 0.3) is 5.70 Å². The van der Waals surface area contributed by atoms with Crippen molar-refractivity contribution in [2.24, 2.45) is 0 Å². The van der Waals surface area contributed by atoms with Crippen molar-refractivity contribution in [1.29, 1.82) is 5.41 Å². The van der Waals surface area contributed by atoms with Gasteiger partial charge in [-0.15, -0.1) is 0 Å². The molecule has 0 saturated heterocycles. The molecule has 0 atom stereocenters. The van der Waals surface area contributed by atoms with Crippen LogP contribution >= 0.6 is 0 Å². The van der Waals surface area contributed by atoms with E-state index in [2.05, 4.69) is 9.88 Å². The van der Waals surface area contributed by atoms with E-state index in [4.69, 9.17) is 5.41 Å². The van der Waals surface area contributed by atoms with Gasteiger partial charge in [0.1, 0.15) is 5.71 Å². The van der Waals surface area contributed by atoms with Gasteiger partial charge >= 0.3 is 0 Å². The van der Waals surface area contributed by atoms with Gasteiger partial charge in [0.25, 0.3) is 0 Å². The topological polar surface area (TPSA) is 60.0 Å². The Morgan fingerprint density at radius 2 is 2.33 bits per heavy atom. The second-order valence-electron chi connectivity index (χ2n) is 4.01. The second kappa shape index (κ2) is 2.59. The molecule has 4 heteroatoms. The van der Waals surface area contributed by atoms with Gasteiger partial charge in [-0.05, 0) is 18.1 Å². The first-order valence-corrected chi connectivity index (χ1v) is 4.95. The van der Waals surface area contributed by atoms with Crippen molar-refractivity contribution in [1.82, 2.24) is 9.88 Å². The molecule has 0 radical (unpaired) electrons. The molecule has 0 aromatic carbocycles. The molecule has 1 aromatic rings. The minimum absolute atomic E-state index is 0.0691. The number of likely N-dealkylation sites (N-methyl/N-ethyl adjacent to an activating group) is 1. The summed E-state index contributed by atoms with van der Waals surface area (Å²) >= 11 is 0. The summed E-state index contributed by atoms with van der Waals surface area (Å²) in [6.07, 6.45) is 4.52. The molecule has 1 aliphatic carbocycles. The van der Waals surface area contributed by atoms with Crippen LogP contribution in [-0.4, -0.2) is 35.0 Å². The number of nitrogens with zero attached hydrogens (tertiary/aromatic N) is 1. The largest absolute Gasteiger partial charge is 0.374 e. The summed E-state index contributed by atoms with van der Waals surface area (Å²) in [6.45, 7) is 0.942. The number of H-pyrrole nitrogens is 1. The summed E-state index contributed by atoms with van der Waals surface area (Å²) in [4.78, 5) is 16.8. The number of hydrogen-bond donors (Lipinski definition) is 2. The number of aromatic nitrogens is 1. The number of Topliss-reactive ketones (excluding diaryl/α,β-unsaturated/α-hetero) is 1. The lowest BCUT2D eigenvalue weighted by Gasteiger charge is -2.30. The number of aromatic amines is 1. The molecule has 1 aliphatic heterocycles. The van der Waals surface area contributed by atoms with Gasteiger partial charge in [0, 0.05) is 31.0 Å².